The van der Waals surface area contributed by atoms with Crippen LogP contribution in [0.2, 0.25) is 0 Å². The van der Waals surface area contributed by atoms with Crippen LogP contribution in [-0.4, -0.2) is 52.1 Å². The summed E-state index contributed by atoms with van der Waals surface area (Å²) in [6.07, 6.45) is 2.38. The summed E-state index contributed by atoms with van der Waals surface area (Å²) in [5.41, 5.74) is 5.66. The number of phenols is 2. The molecule has 4 aromatic carbocycles. The van der Waals surface area contributed by atoms with Crippen LogP contribution >= 0.6 is 0 Å². The summed E-state index contributed by atoms with van der Waals surface area (Å²) >= 11 is 0. The zero-order valence-corrected chi connectivity index (χ0v) is 28.1. The predicted molar refractivity (Wildman–Crippen MR) is 189 cm³/mol. The Morgan fingerprint density at radius 1 is 0.740 bits per heavy atom. The molecule has 0 aliphatic rings. The first-order chi connectivity index (χ1) is 24.1. The summed E-state index contributed by atoms with van der Waals surface area (Å²) in [7, 11) is 0. The van der Waals surface area contributed by atoms with Gasteiger partial charge in [-0.2, -0.15) is 0 Å². The van der Waals surface area contributed by atoms with E-state index >= 15 is 0 Å². The smallest absolute Gasteiger partial charge is 0.333 e. The molecule has 12 nitrogen and oxygen atoms in total. The van der Waals surface area contributed by atoms with E-state index in [1.54, 1.807) is 43.3 Å². The molecule has 0 saturated carbocycles. The van der Waals surface area contributed by atoms with Gasteiger partial charge in [-0.15, -0.1) is 30.0 Å². The molecule has 12 heteroatoms. The van der Waals surface area contributed by atoms with Crippen molar-refractivity contribution in [2.75, 3.05) is 0 Å². The summed E-state index contributed by atoms with van der Waals surface area (Å²) in [6, 6.07) is 25.0. The predicted octanol–water partition coefficient (Wildman–Crippen LogP) is 7.39. The number of esters is 2. The van der Waals surface area contributed by atoms with E-state index < -0.39 is 24.1 Å². The van der Waals surface area contributed by atoms with Gasteiger partial charge < -0.3 is 19.7 Å². The van der Waals surface area contributed by atoms with Crippen LogP contribution < -0.4 is 0 Å². The molecule has 2 aromatic heterocycles. The van der Waals surface area contributed by atoms with Gasteiger partial charge in [0.1, 0.15) is 57.1 Å². The Kier molecular flexibility index (Phi) is 11.0. The van der Waals surface area contributed by atoms with Crippen LogP contribution in [0, 0.1) is 0 Å². The molecule has 0 amide bonds. The highest BCUT2D eigenvalue weighted by Crippen LogP contribution is 2.31. The maximum absolute atomic E-state index is 11.9. The summed E-state index contributed by atoms with van der Waals surface area (Å²) in [4.78, 5) is 26.2. The molecule has 0 fully saturated rings. The summed E-state index contributed by atoms with van der Waals surface area (Å²) in [5, 5.41) is 38.0. The first-order valence-electron chi connectivity index (χ1n) is 16.1. The van der Waals surface area contributed by atoms with Gasteiger partial charge in [0.2, 0.25) is 0 Å². The monoisotopic (exact) mass is 674 g/mol. The third-order valence-electron chi connectivity index (χ3n) is 7.69. The van der Waals surface area contributed by atoms with Crippen molar-refractivity contribution >= 4 is 34.0 Å². The molecule has 6 rings (SSSR count). The zero-order valence-electron chi connectivity index (χ0n) is 28.1. The highest BCUT2D eigenvalue weighted by molar-refractivity contribution is 5.87. The maximum Gasteiger partial charge on any atom is 0.333 e. The summed E-state index contributed by atoms with van der Waals surface area (Å²) < 4.78 is 10.9. The average Bonchev–Trinajstić information content (AvgIpc) is 3.76. The number of carbonyl (C=O) groups is 2. The van der Waals surface area contributed by atoms with Gasteiger partial charge in [-0.05, 0) is 79.4 Å². The molecule has 0 saturated heterocycles. The molecule has 0 spiro atoms. The van der Waals surface area contributed by atoms with Crippen molar-refractivity contribution in [1.82, 2.24) is 30.0 Å². The molecule has 6 aromatic rings. The second-order valence-corrected chi connectivity index (χ2v) is 11.5. The lowest BCUT2D eigenvalue weighted by atomic mass is 10.0. The van der Waals surface area contributed by atoms with Crippen molar-refractivity contribution in [1.29, 1.82) is 0 Å². The van der Waals surface area contributed by atoms with Crippen molar-refractivity contribution in [3.8, 4) is 22.9 Å². The largest absolute Gasteiger partial charge is 0.506 e. The summed E-state index contributed by atoms with van der Waals surface area (Å²) in [5.74, 6) is -0.819. The molecule has 2 N–H and O–H groups in total. The highest BCUT2D eigenvalue weighted by Gasteiger charge is 2.20. The first-order valence-corrected chi connectivity index (χ1v) is 16.1. The first kappa shape index (κ1) is 35.0. The van der Waals surface area contributed by atoms with Gasteiger partial charge in [-0.3, -0.25) is 0 Å². The van der Waals surface area contributed by atoms with E-state index in [9.17, 15) is 19.8 Å². The van der Waals surface area contributed by atoms with Gasteiger partial charge in [-0.1, -0.05) is 69.8 Å². The van der Waals surface area contributed by atoms with E-state index in [4.69, 9.17) is 9.47 Å². The minimum absolute atomic E-state index is 0.0453. The fraction of sp³-hybridized carbons (Fsp3) is 0.211. The Hall–Kier alpha value is -6.30. The molecule has 0 bridgehead atoms. The lowest BCUT2D eigenvalue weighted by Crippen LogP contribution is -2.12. The van der Waals surface area contributed by atoms with Gasteiger partial charge in [0.15, 0.2) is 0 Å². The second-order valence-electron chi connectivity index (χ2n) is 11.5. The van der Waals surface area contributed by atoms with Crippen molar-refractivity contribution in [3.63, 3.8) is 0 Å². The van der Waals surface area contributed by atoms with Crippen molar-refractivity contribution in [2.24, 2.45) is 0 Å². The number of ether oxygens (including phenoxy) is 2. The average molecular weight is 675 g/mol. The number of rotatable bonds is 11. The minimum Gasteiger partial charge on any atom is -0.506 e. The molecular formula is C38H38N6O6. The van der Waals surface area contributed by atoms with E-state index in [-0.39, 0.29) is 11.5 Å². The second kappa shape index (κ2) is 15.7. The number of aromatic hydroxyl groups is 2. The number of fused-ring (bicyclic) bond motifs is 2. The van der Waals surface area contributed by atoms with Crippen LogP contribution in [0.25, 0.3) is 33.4 Å². The summed E-state index contributed by atoms with van der Waals surface area (Å²) in [6.45, 7) is 12.6. The van der Waals surface area contributed by atoms with Crippen LogP contribution in [0.4, 0.5) is 0 Å². The number of benzene rings is 4. The molecular weight excluding hydrogens is 636 g/mol. The Morgan fingerprint density at radius 2 is 1.18 bits per heavy atom. The molecule has 2 unspecified atom stereocenters. The fourth-order valence-electron chi connectivity index (χ4n) is 5.10. The van der Waals surface area contributed by atoms with E-state index in [1.165, 1.54) is 9.59 Å². The molecule has 2 heterocycles. The van der Waals surface area contributed by atoms with Crippen LogP contribution in [0.1, 0.15) is 63.4 Å². The van der Waals surface area contributed by atoms with Crippen molar-refractivity contribution in [2.45, 2.75) is 52.2 Å². The van der Waals surface area contributed by atoms with E-state index in [1.807, 2.05) is 62.4 Å². The molecule has 0 aliphatic carbocycles. The Balaban J connectivity index is 0.000000195. The lowest BCUT2D eigenvalue weighted by molar-refractivity contribution is -0.145. The van der Waals surface area contributed by atoms with Gasteiger partial charge in [-0.25, -0.2) is 9.59 Å². The topological polar surface area (TPSA) is 154 Å². The minimum atomic E-state index is -0.487. The van der Waals surface area contributed by atoms with Crippen molar-refractivity contribution in [3.05, 3.63) is 121 Å². The molecule has 50 heavy (non-hydrogen) atoms. The fourth-order valence-corrected chi connectivity index (χ4v) is 5.10. The zero-order chi connectivity index (χ0) is 35.8. The standard InChI is InChI=1S/C20H21N3O3.C18H17N3O3/c1-4-7-19(26-20(25)13(2)3)14-10-11-18(24)17(12-14)23-21-15-8-5-6-9-16(15)22-23;1-3-17(24-18(23)4-2)12-9-10-16(22)15(11-12)21-19-13-7-5-6-8-14(13)20-21/h5-6,8-12,19,24H,2,4,7H2,1,3H3;4-11,17,22H,2-3H2,1H3. The van der Waals surface area contributed by atoms with E-state index in [2.05, 4.69) is 33.6 Å². The molecule has 0 aliphatic heterocycles. The van der Waals surface area contributed by atoms with Crippen molar-refractivity contribution < 1.29 is 29.3 Å². The third kappa shape index (κ3) is 8.04. The van der Waals surface area contributed by atoms with Crippen LogP contribution in [-0.2, 0) is 19.1 Å². The number of aromatic nitrogens is 6. The quantitative estimate of drug-likeness (QED) is 0.105. The van der Waals surface area contributed by atoms with Gasteiger partial charge in [0.25, 0.3) is 0 Å². The normalized spacial score (nSPS) is 12.1. The highest BCUT2D eigenvalue weighted by atomic mass is 16.5. The molecule has 0 radical (unpaired) electrons. The Bertz CT molecular complexity index is 2100. The SMILES string of the molecule is C=C(C)C(=O)OC(CCC)c1ccc(O)c(-n2nc3ccccc3n2)c1.C=CC(=O)OC(CC)c1ccc(O)c(-n2nc3ccccc3n2)c1. The number of nitrogens with zero attached hydrogens (tertiary/aromatic N) is 6. The Morgan fingerprint density at radius 3 is 1.56 bits per heavy atom. The molecule has 2 atom stereocenters. The van der Waals surface area contributed by atoms with Crippen LogP contribution in [0.15, 0.2) is 110 Å². The third-order valence-corrected chi connectivity index (χ3v) is 7.69. The number of phenolic OH excluding ortho intramolecular Hbond substituents is 2. The van der Waals surface area contributed by atoms with Gasteiger partial charge >= 0.3 is 11.9 Å². The maximum atomic E-state index is 11.9. The van der Waals surface area contributed by atoms with Crippen LogP contribution in [0.3, 0.4) is 0 Å². The number of hydrogen-bond acceptors (Lipinski definition) is 10. The lowest BCUT2D eigenvalue weighted by Gasteiger charge is -2.18. The van der Waals surface area contributed by atoms with Gasteiger partial charge in [0, 0.05) is 11.6 Å². The van der Waals surface area contributed by atoms with E-state index in [0.29, 0.717) is 29.8 Å². The number of carbonyl (C=O) groups excluding carboxylic acids is 2. The van der Waals surface area contributed by atoms with Gasteiger partial charge in [0.05, 0.1) is 0 Å². The van der Waals surface area contributed by atoms with Crippen LogP contribution in [0.5, 0.6) is 11.5 Å². The van der Waals surface area contributed by atoms with E-state index in [0.717, 1.165) is 45.7 Å². The Labute approximate surface area is 288 Å². The number of hydrogen-bond donors (Lipinski definition) is 2. The molecule has 256 valence electrons.